The van der Waals surface area contributed by atoms with E-state index in [2.05, 4.69) is 39.7 Å². The van der Waals surface area contributed by atoms with E-state index in [1.165, 1.54) is 5.56 Å². The highest BCUT2D eigenvalue weighted by Crippen LogP contribution is 2.13. The molecule has 0 bridgehead atoms. The molecule has 2 aromatic rings. The van der Waals surface area contributed by atoms with E-state index in [0.717, 1.165) is 56.4 Å². The molecule has 26 heavy (non-hydrogen) atoms. The van der Waals surface area contributed by atoms with Gasteiger partial charge in [0.2, 0.25) is 0 Å². The number of hydrogen-bond acceptors (Lipinski definition) is 3. The van der Waals surface area contributed by atoms with Gasteiger partial charge in [0.15, 0.2) is 5.96 Å². The fourth-order valence-corrected chi connectivity index (χ4v) is 2.41. The molecule has 1 heterocycles. The van der Waals surface area contributed by atoms with Crippen LogP contribution in [0.3, 0.4) is 0 Å². The number of ether oxygens (including phenoxy) is 1. The van der Waals surface area contributed by atoms with Gasteiger partial charge in [0, 0.05) is 38.4 Å². The monoisotopic (exact) mass is 468 g/mol. The van der Waals surface area contributed by atoms with E-state index in [-0.39, 0.29) is 24.0 Å². The zero-order valence-corrected chi connectivity index (χ0v) is 17.9. The van der Waals surface area contributed by atoms with Gasteiger partial charge >= 0.3 is 0 Å². The third kappa shape index (κ3) is 8.51. The van der Waals surface area contributed by atoms with Crippen LogP contribution in [0, 0.1) is 0 Å². The summed E-state index contributed by atoms with van der Waals surface area (Å²) < 4.78 is 5.68. The molecule has 6 heteroatoms. The first-order valence-electron chi connectivity index (χ1n) is 8.88. The molecule has 0 atom stereocenters. The molecule has 0 aliphatic heterocycles. The summed E-state index contributed by atoms with van der Waals surface area (Å²) in [6, 6.07) is 14.2. The van der Waals surface area contributed by atoms with E-state index in [0.29, 0.717) is 0 Å². The van der Waals surface area contributed by atoms with Crippen LogP contribution >= 0.6 is 24.0 Å². The van der Waals surface area contributed by atoms with E-state index in [1.807, 2.05) is 36.5 Å². The van der Waals surface area contributed by atoms with Gasteiger partial charge in [-0.3, -0.25) is 9.98 Å². The molecule has 1 aromatic heterocycles. The molecule has 0 amide bonds. The van der Waals surface area contributed by atoms with Crippen LogP contribution in [0.25, 0.3) is 0 Å². The molecular formula is C20H29IN4O. The van der Waals surface area contributed by atoms with Gasteiger partial charge in [-0.25, -0.2) is 0 Å². The Labute approximate surface area is 173 Å². The van der Waals surface area contributed by atoms with E-state index in [9.17, 15) is 0 Å². The van der Waals surface area contributed by atoms with Gasteiger partial charge in [-0.1, -0.05) is 25.1 Å². The molecule has 0 radical (unpaired) electrons. The lowest BCUT2D eigenvalue weighted by atomic mass is 10.1. The SMILES string of the molecule is CCCOc1cccc(CCNC(=NC)NCCc2ccccn2)c1.I. The molecule has 0 saturated carbocycles. The van der Waals surface area contributed by atoms with Crippen LogP contribution in [0.4, 0.5) is 0 Å². The van der Waals surface area contributed by atoms with E-state index in [1.54, 1.807) is 7.05 Å². The van der Waals surface area contributed by atoms with Crippen molar-refractivity contribution in [1.29, 1.82) is 0 Å². The van der Waals surface area contributed by atoms with Crippen LogP contribution in [0.2, 0.25) is 0 Å². The number of guanidine groups is 1. The molecule has 2 rings (SSSR count). The fraction of sp³-hybridized carbons (Fsp3) is 0.400. The lowest BCUT2D eigenvalue weighted by Gasteiger charge is -2.12. The van der Waals surface area contributed by atoms with Crippen molar-refractivity contribution in [1.82, 2.24) is 15.6 Å². The van der Waals surface area contributed by atoms with Crippen molar-refractivity contribution in [3.63, 3.8) is 0 Å². The van der Waals surface area contributed by atoms with Crippen LogP contribution in [0.15, 0.2) is 53.7 Å². The Morgan fingerprint density at radius 3 is 2.58 bits per heavy atom. The van der Waals surface area contributed by atoms with Gasteiger partial charge < -0.3 is 15.4 Å². The average Bonchev–Trinajstić information content (AvgIpc) is 2.66. The van der Waals surface area contributed by atoms with Crippen LogP contribution in [-0.4, -0.2) is 37.7 Å². The van der Waals surface area contributed by atoms with Gasteiger partial charge in [0.1, 0.15) is 5.75 Å². The Bertz CT molecular complexity index is 649. The van der Waals surface area contributed by atoms with Crippen LogP contribution in [0.1, 0.15) is 24.6 Å². The second-order valence-electron chi connectivity index (χ2n) is 5.74. The predicted molar refractivity (Wildman–Crippen MR) is 119 cm³/mol. The summed E-state index contributed by atoms with van der Waals surface area (Å²) in [7, 11) is 1.79. The van der Waals surface area contributed by atoms with E-state index >= 15 is 0 Å². The second-order valence-corrected chi connectivity index (χ2v) is 5.74. The summed E-state index contributed by atoms with van der Waals surface area (Å²) in [5.74, 6) is 1.76. The quantitative estimate of drug-likeness (QED) is 0.337. The fourth-order valence-electron chi connectivity index (χ4n) is 2.41. The van der Waals surface area contributed by atoms with Gasteiger partial charge in [-0.15, -0.1) is 24.0 Å². The summed E-state index contributed by atoms with van der Waals surface area (Å²) in [6.07, 6.45) is 4.63. The highest BCUT2D eigenvalue weighted by atomic mass is 127. The Morgan fingerprint density at radius 2 is 1.88 bits per heavy atom. The van der Waals surface area contributed by atoms with Crippen molar-refractivity contribution in [2.75, 3.05) is 26.7 Å². The molecule has 1 aromatic carbocycles. The molecule has 5 nitrogen and oxygen atoms in total. The number of aliphatic imine (C=N–C) groups is 1. The Hall–Kier alpha value is -1.83. The number of benzene rings is 1. The van der Waals surface area contributed by atoms with Crippen LogP contribution in [-0.2, 0) is 12.8 Å². The van der Waals surface area contributed by atoms with E-state index < -0.39 is 0 Å². The number of halogens is 1. The van der Waals surface area contributed by atoms with Crippen LogP contribution in [0.5, 0.6) is 5.75 Å². The lowest BCUT2D eigenvalue weighted by molar-refractivity contribution is 0.317. The molecule has 0 aliphatic carbocycles. The lowest BCUT2D eigenvalue weighted by Crippen LogP contribution is -2.39. The zero-order chi connectivity index (χ0) is 17.7. The maximum Gasteiger partial charge on any atom is 0.190 e. The van der Waals surface area contributed by atoms with Gasteiger partial charge in [0.05, 0.1) is 6.61 Å². The average molecular weight is 468 g/mol. The first-order chi connectivity index (χ1) is 12.3. The highest BCUT2D eigenvalue weighted by molar-refractivity contribution is 14.0. The Kier molecular flexibility index (Phi) is 11.4. The van der Waals surface area contributed by atoms with Crippen molar-refractivity contribution in [2.24, 2.45) is 4.99 Å². The summed E-state index contributed by atoms with van der Waals surface area (Å²) in [5.41, 5.74) is 2.33. The maximum absolute atomic E-state index is 5.68. The van der Waals surface area contributed by atoms with Crippen molar-refractivity contribution >= 4 is 29.9 Å². The highest BCUT2D eigenvalue weighted by Gasteiger charge is 2.00. The molecule has 0 saturated heterocycles. The number of nitrogens with one attached hydrogen (secondary N) is 2. The maximum atomic E-state index is 5.68. The predicted octanol–water partition coefficient (Wildman–Crippen LogP) is 3.44. The number of rotatable bonds is 9. The number of hydrogen-bond donors (Lipinski definition) is 2. The smallest absolute Gasteiger partial charge is 0.190 e. The zero-order valence-electron chi connectivity index (χ0n) is 15.6. The molecule has 0 aliphatic rings. The third-order valence-electron chi connectivity index (χ3n) is 3.70. The van der Waals surface area contributed by atoms with Crippen LogP contribution < -0.4 is 15.4 Å². The standard InChI is InChI=1S/C20H28N4O.HI/c1-3-15-25-19-9-6-7-17(16-19)10-13-23-20(21-2)24-14-11-18-8-4-5-12-22-18;/h4-9,12,16H,3,10-11,13-15H2,1-2H3,(H2,21,23,24);1H. The largest absolute Gasteiger partial charge is 0.494 e. The first kappa shape index (κ1) is 22.2. The summed E-state index contributed by atoms with van der Waals surface area (Å²) >= 11 is 0. The molecule has 142 valence electrons. The van der Waals surface area contributed by atoms with Crippen molar-refractivity contribution in [3.05, 3.63) is 59.9 Å². The summed E-state index contributed by atoms with van der Waals surface area (Å²) in [6.45, 7) is 4.49. The van der Waals surface area contributed by atoms with Gasteiger partial charge in [0.25, 0.3) is 0 Å². The van der Waals surface area contributed by atoms with Crippen molar-refractivity contribution < 1.29 is 4.74 Å². The minimum Gasteiger partial charge on any atom is -0.494 e. The minimum absolute atomic E-state index is 0. The minimum atomic E-state index is 0. The molecule has 0 fully saturated rings. The first-order valence-corrected chi connectivity index (χ1v) is 8.88. The third-order valence-corrected chi connectivity index (χ3v) is 3.70. The second kappa shape index (κ2) is 13.4. The molecule has 0 unspecified atom stereocenters. The van der Waals surface area contributed by atoms with Gasteiger partial charge in [-0.2, -0.15) is 0 Å². The van der Waals surface area contributed by atoms with E-state index in [4.69, 9.17) is 4.74 Å². The molecule has 2 N–H and O–H groups in total. The Balaban J connectivity index is 0.00000338. The molecular weight excluding hydrogens is 439 g/mol. The normalized spacial score (nSPS) is 10.8. The van der Waals surface area contributed by atoms with Gasteiger partial charge in [-0.05, 0) is 42.7 Å². The molecule has 0 spiro atoms. The number of aromatic nitrogens is 1. The summed E-state index contributed by atoms with van der Waals surface area (Å²) in [5, 5.41) is 6.66. The van der Waals surface area contributed by atoms with Crippen molar-refractivity contribution in [3.8, 4) is 5.75 Å². The number of nitrogens with zero attached hydrogens (tertiary/aromatic N) is 2. The Morgan fingerprint density at radius 1 is 1.08 bits per heavy atom. The topological polar surface area (TPSA) is 58.5 Å². The number of pyridine rings is 1. The summed E-state index contributed by atoms with van der Waals surface area (Å²) in [4.78, 5) is 8.58. The van der Waals surface area contributed by atoms with Crippen molar-refractivity contribution in [2.45, 2.75) is 26.2 Å².